The molecular weight excluding hydrogens is 881 g/mol. The summed E-state index contributed by atoms with van der Waals surface area (Å²) in [7, 11) is 1.56. The van der Waals surface area contributed by atoms with E-state index in [2.05, 4.69) is 20.9 Å². The number of rotatable bonds is 17. The molecule has 4 amide bonds. The maximum absolute atomic E-state index is 14.2. The Morgan fingerprint density at radius 1 is 0.971 bits per heavy atom. The molecule has 15 heteroatoms. The van der Waals surface area contributed by atoms with Gasteiger partial charge in [-0.15, -0.1) is 11.3 Å². The number of aryl methyl sites for hydroxylation is 1. The van der Waals surface area contributed by atoms with Crippen LogP contribution in [0.5, 0.6) is 11.5 Å². The zero-order valence-corrected chi connectivity index (χ0v) is 40.4. The van der Waals surface area contributed by atoms with Crippen LogP contribution < -0.4 is 25.4 Å². The highest BCUT2D eigenvalue weighted by molar-refractivity contribution is 7.10. The smallest absolute Gasteiger partial charge is 0.246 e. The van der Waals surface area contributed by atoms with Gasteiger partial charge in [0.2, 0.25) is 23.6 Å². The van der Waals surface area contributed by atoms with Crippen LogP contribution in [0.15, 0.2) is 102 Å². The predicted octanol–water partition coefficient (Wildman–Crippen LogP) is 7.79. The second-order valence-electron chi connectivity index (χ2n) is 18.2. The van der Waals surface area contributed by atoms with Crippen molar-refractivity contribution in [2.24, 2.45) is 5.41 Å². The van der Waals surface area contributed by atoms with Gasteiger partial charge in [0, 0.05) is 41.4 Å². The molecule has 4 heterocycles. The number of carbonyl (C=O) groups is 4. The van der Waals surface area contributed by atoms with Gasteiger partial charge >= 0.3 is 0 Å². The van der Waals surface area contributed by atoms with Crippen molar-refractivity contribution in [3.05, 3.63) is 118 Å². The Hall–Kier alpha value is -6.68. The second kappa shape index (κ2) is 22.0. The Morgan fingerprint density at radius 3 is 2.47 bits per heavy atom. The number of pyridine rings is 1. The molecule has 1 saturated heterocycles. The summed E-state index contributed by atoms with van der Waals surface area (Å²) in [5, 5.41) is 19.6. The first-order chi connectivity index (χ1) is 32.6. The van der Waals surface area contributed by atoms with Crippen molar-refractivity contribution in [2.75, 3.05) is 38.8 Å². The van der Waals surface area contributed by atoms with E-state index in [1.54, 1.807) is 24.0 Å². The molecule has 2 aliphatic heterocycles. The number of allylic oxidation sites excluding steroid dienone is 2. The zero-order chi connectivity index (χ0) is 48.5. The molecule has 14 nitrogen and oxygen atoms in total. The van der Waals surface area contributed by atoms with Crippen molar-refractivity contribution in [1.82, 2.24) is 25.5 Å². The molecule has 68 heavy (non-hydrogen) atoms. The molecule has 3 aromatic carbocycles. The first kappa shape index (κ1) is 49.2. The Balaban J connectivity index is 0.959. The van der Waals surface area contributed by atoms with Crippen LogP contribution in [0, 0.1) is 12.3 Å². The number of aliphatic hydroxyl groups is 1. The average Bonchev–Trinajstić information content (AvgIpc) is 3.89. The van der Waals surface area contributed by atoms with Gasteiger partial charge in [-0.05, 0) is 73.2 Å². The van der Waals surface area contributed by atoms with Crippen molar-refractivity contribution >= 4 is 46.7 Å². The molecule has 0 spiro atoms. The van der Waals surface area contributed by atoms with Crippen LogP contribution >= 0.6 is 11.3 Å². The fraction of sp³-hybridized carbons (Fsp3) is 0.358. The van der Waals surface area contributed by atoms with E-state index in [4.69, 9.17) is 19.2 Å². The number of thiazole rings is 1. The van der Waals surface area contributed by atoms with Crippen molar-refractivity contribution in [2.45, 2.75) is 85.0 Å². The van der Waals surface area contributed by atoms with Crippen molar-refractivity contribution in [3.63, 3.8) is 0 Å². The number of aliphatic hydroxyl groups excluding tert-OH is 1. The van der Waals surface area contributed by atoms with Gasteiger partial charge in [-0.1, -0.05) is 93.1 Å². The Morgan fingerprint density at radius 2 is 1.74 bits per heavy atom. The first-order valence-electron chi connectivity index (χ1n) is 22.8. The van der Waals surface area contributed by atoms with Gasteiger partial charge < -0.3 is 40.2 Å². The molecule has 5 aromatic rings. The number of methoxy groups -OCH3 is 1. The quantitative estimate of drug-likeness (QED) is 0.0531. The number of ether oxygens (including phenoxy) is 3. The van der Waals surface area contributed by atoms with Crippen molar-refractivity contribution in [3.8, 4) is 45.1 Å². The number of nitrogens with zero attached hydrogens (tertiary/aromatic N) is 3. The van der Waals surface area contributed by atoms with Crippen LogP contribution in [-0.4, -0.2) is 101 Å². The van der Waals surface area contributed by atoms with E-state index in [0.717, 1.165) is 55.3 Å². The normalized spacial score (nSPS) is 16.9. The van der Waals surface area contributed by atoms with E-state index in [1.165, 1.54) is 4.90 Å². The van der Waals surface area contributed by atoms with Crippen LogP contribution in [0.4, 0.5) is 5.69 Å². The van der Waals surface area contributed by atoms with Crippen LogP contribution in [0.2, 0.25) is 0 Å². The summed E-state index contributed by atoms with van der Waals surface area (Å²) in [6, 6.07) is 23.0. The molecule has 0 radical (unpaired) electrons. The highest BCUT2D eigenvalue weighted by Crippen LogP contribution is 2.42. The summed E-state index contributed by atoms with van der Waals surface area (Å²) in [6.07, 6.45) is 5.11. The zero-order valence-electron chi connectivity index (χ0n) is 39.6. The Kier molecular flexibility index (Phi) is 15.9. The highest BCUT2D eigenvalue weighted by Gasteiger charge is 2.44. The number of benzene rings is 3. The number of likely N-dealkylation sites (tertiary alicyclic amines) is 1. The lowest BCUT2D eigenvalue weighted by Crippen LogP contribution is -2.58. The molecule has 0 bridgehead atoms. The number of amides is 4. The topological polar surface area (TPSA) is 181 Å². The third-order valence-electron chi connectivity index (χ3n) is 12.1. The number of nitrogens with one attached hydrogen (secondary N) is 3. The summed E-state index contributed by atoms with van der Waals surface area (Å²) < 4.78 is 17.7. The minimum atomic E-state index is -0.971. The number of hydrogen-bond acceptors (Lipinski definition) is 11. The van der Waals surface area contributed by atoms with Crippen molar-refractivity contribution in [1.29, 1.82) is 0 Å². The van der Waals surface area contributed by atoms with Gasteiger partial charge in [0.05, 0.1) is 61.1 Å². The van der Waals surface area contributed by atoms with E-state index >= 15 is 0 Å². The number of anilines is 1. The summed E-state index contributed by atoms with van der Waals surface area (Å²) in [5.74, 6) is -0.371. The molecule has 2 aliphatic rings. The molecule has 0 saturated carbocycles. The van der Waals surface area contributed by atoms with Crippen LogP contribution in [0.1, 0.15) is 63.6 Å². The second-order valence-corrected chi connectivity index (χ2v) is 19.0. The molecule has 4 atom stereocenters. The van der Waals surface area contributed by atoms with E-state index in [-0.39, 0.29) is 63.5 Å². The lowest BCUT2D eigenvalue weighted by molar-refractivity contribution is -0.144. The monoisotopic (exact) mass is 940 g/mol. The summed E-state index contributed by atoms with van der Waals surface area (Å²) >= 11 is 1.55. The van der Waals surface area contributed by atoms with Gasteiger partial charge in [0.1, 0.15) is 18.7 Å². The number of carbonyl (C=O) groups excluding carboxylic acids is 4. The first-order valence-corrected chi connectivity index (χ1v) is 23.7. The molecule has 1 fully saturated rings. The summed E-state index contributed by atoms with van der Waals surface area (Å²) in [5.41, 5.74) is 9.33. The van der Waals surface area contributed by atoms with Gasteiger partial charge in [-0.3, -0.25) is 19.2 Å². The van der Waals surface area contributed by atoms with Crippen LogP contribution in [0.25, 0.3) is 39.7 Å². The number of para-hydroxylation sites is 1. The lowest BCUT2D eigenvalue weighted by Gasteiger charge is -2.35. The number of β-amino-alcohol motifs (C(OH)–C–C–N with tert-alkyl or cyclic N) is 1. The molecule has 4 N–H and O–H groups in total. The van der Waals surface area contributed by atoms with Gasteiger partial charge in [-0.2, -0.15) is 0 Å². The fourth-order valence-corrected chi connectivity index (χ4v) is 8.96. The van der Waals surface area contributed by atoms with Gasteiger partial charge in [0.25, 0.3) is 0 Å². The van der Waals surface area contributed by atoms with E-state index < -0.39 is 35.4 Å². The highest BCUT2D eigenvalue weighted by atomic mass is 32.1. The SMILES string of the molecule is COc1ccc(-c2cc(-c3ccccc3)nc3c2CC(=O)Nc2ccccc2-3)cc1OCCOCCC(=O)N[C@H](C(=O)N1C[C@H](O)C[C@H]1C(=O)N[C@@H](C)/C(C)=C/C=C/c1scnc1C)C(C)(C)C. The number of fused-ring (bicyclic) bond motifs is 3. The van der Waals surface area contributed by atoms with Gasteiger partial charge in [-0.25, -0.2) is 9.97 Å². The van der Waals surface area contributed by atoms with Gasteiger partial charge in [0.15, 0.2) is 11.5 Å². The fourth-order valence-electron chi connectivity index (χ4n) is 8.26. The van der Waals surface area contributed by atoms with Crippen LogP contribution in [0.3, 0.4) is 0 Å². The Labute approximate surface area is 401 Å². The predicted molar refractivity (Wildman–Crippen MR) is 265 cm³/mol. The summed E-state index contributed by atoms with van der Waals surface area (Å²) in [6.45, 7) is 11.6. The maximum Gasteiger partial charge on any atom is 0.246 e. The molecule has 0 aliphatic carbocycles. The standard InChI is InChI=1S/C53H60N6O8S/c1-32(14-13-19-46-34(3)54-31-68-46)33(2)55-51(63)43-27-37(60)30-59(43)52(64)50(53(4,5)6)58-47(61)22-23-66-24-25-67-45-26-36(20-21-44(45)65-7)39-28-42(35-15-9-8-10-16-35)57-49-38-17-11-12-18-41(38)56-48(62)29-40(39)49/h8-21,26,28,31,33,37,43,50,60H,22-25,27,29-30H2,1-7H3,(H,55,63)(H,56,62)(H,58,61)/b19-13+,32-14+/t33-,37+,43-,50+/m0/s1. The number of hydrogen-bond donors (Lipinski definition) is 4. The molecule has 356 valence electrons. The van der Waals surface area contributed by atoms with E-state index in [1.807, 2.05) is 139 Å². The third-order valence-corrected chi connectivity index (χ3v) is 13.0. The minimum absolute atomic E-state index is 0.0263. The van der Waals surface area contributed by atoms with Crippen molar-refractivity contribution < 1.29 is 38.5 Å². The molecular formula is C53H60N6O8S. The average molecular weight is 941 g/mol. The Bertz CT molecular complexity index is 2690. The minimum Gasteiger partial charge on any atom is -0.493 e. The van der Waals surface area contributed by atoms with E-state index in [0.29, 0.717) is 17.2 Å². The lowest BCUT2D eigenvalue weighted by atomic mass is 9.85. The molecule has 0 unspecified atom stereocenters. The summed E-state index contributed by atoms with van der Waals surface area (Å²) in [4.78, 5) is 66.2. The third kappa shape index (κ3) is 11.9. The molecule has 2 aromatic heterocycles. The number of aromatic nitrogens is 2. The molecule has 7 rings (SSSR count). The van der Waals surface area contributed by atoms with Crippen LogP contribution in [-0.2, 0) is 30.3 Å². The van der Waals surface area contributed by atoms with E-state index in [9.17, 15) is 24.3 Å². The maximum atomic E-state index is 14.2. The largest absolute Gasteiger partial charge is 0.493 e.